The maximum atomic E-state index is 11.4. The van der Waals surface area contributed by atoms with E-state index in [1.54, 1.807) is 17.6 Å². The number of likely N-dealkylation sites (tertiary alicyclic amines) is 1. The van der Waals surface area contributed by atoms with Crippen LogP contribution in [0, 0.1) is 5.92 Å². The van der Waals surface area contributed by atoms with Gasteiger partial charge in [0.15, 0.2) is 0 Å². The molecule has 30 heavy (non-hydrogen) atoms. The van der Waals surface area contributed by atoms with Gasteiger partial charge in [-0.05, 0) is 87.5 Å². The van der Waals surface area contributed by atoms with E-state index in [2.05, 4.69) is 40.5 Å². The van der Waals surface area contributed by atoms with Gasteiger partial charge < -0.3 is 10.2 Å². The minimum absolute atomic E-state index is 0.462. The molecule has 3 N–H and O–H groups in total. The Morgan fingerprint density at radius 2 is 1.77 bits per heavy atom. The summed E-state index contributed by atoms with van der Waals surface area (Å²) in [6, 6.07) is 19.1. The fourth-order valence-electron chi connectivity index (χ4n) is 4.62. The van der Waals surface area contributed by atoms with E-state index in [4.69, 9.17) is 5.21 Å². The molecule has 0 spiro atoms. The third-order valence-corrected chi connectivity index (χ3v) is 6.65. The summed E-state index contributed by atoms with van der Waals surface area (Å²) in [4.78, 5) is 14.0. The summed E-state index contributed by atoms with van der Waals surface area (Å²) in [5, 5.41) is 12.5. The molecule has 1 aliphatic carbocycles. The van der Waals surface area contributed by atoms with Crippen molar-refractivity contribution in [2.75, 3.05) is 26.2 Å². The van der Waals surface area contributed by atoms with Crippen molar-refractivity contribution in [3.63, 3.8) is 0 Å². The highest BCUT2D eigenvalue weighted by Crippen LogP contribution is 2.40. The predicted octanol–water partition coefficient (Wildman–Crippen LogP) is 3.60. The number of hydrogen-bond donors (Lipinski definition) is 3. The van der Waals surface area contributed by atoms with E-state index in [-0.39, 0.29) is 0 Å². The van der Waals surface area contributed by atoms with Gasteiger partial charge in [-0.2, -0.15) is 0 Å². The largest absolute Gasteiger partial charge is 0.313 e. The van der Waals surface area contributed by atoms with Crippen LogP contribution in [0.4, 0.5) is 0 Å². The molecule has 1 saturated carbocycles. The molecule has 160 valence electrons. The molecular weight excluding hydrogens is 374 g/mol. The van der Waals surface area contributed by atoms with E-state index >= 15 is 0 Å². The van der Waals surface area contributed by atoms with Gasteiger partial charge in [-0.3, -0.25) is 10.0 Å². The number of carbonyl (C=O) groups excluding carboxylic acids is 1. The van der Waals surface area contributed by atoms with Gasteiger partial charge in [-0.25, -0.2) is 5.48 Å². The van der Waals surface area contributed by atoms with Gasteiger partial charge in [0.25, 0.3) is 5.91 Å². The fourth-order valence-corrected chi connectivity index (χ4v) is 4.62. The van der Waals surface area contributed by atoms with Crippen molar-refractivity contribution in [1.29, 1.82) is 0 Å². The first-order valence-corrected chi connectivity index (χ1v) is 11.3. The number of hydroxylamine groups is 1. The van der Waals surface area contributed by atoms with E-state index in [0.717, 1.165) is 37.8 Å². The molecule has 4 rings (SSSR count). The van der Waals surface area contributed by atoms with Crippen LogP contribution in [0.25, 0.3) is 0 Å². The number of piperidine rings is 1. The molecule has 2 atom stereocenters. The molecule has 0 bridgehead atoms. The van der Waals surface area contributed by atoms with Crippen LogP contribution in [-0.4, -0.2) is 48.2 Å². The Hall–Kier alpha value is -2.21. The number of nitrogens with zero attached hydrogens (tertiary/aromatic N) is 1. The van der Waals surface area contributed by atoms with Crippen molar-refractivity contribution in [1.82, 2.24) is 15.7 Å². The Kier molecular flexibility index (Phi) is 7.16. The zero-order chi connectivity index (χ0) is 20.8. The van der Waals surface area contributed by atoms with Crippen LogP contribution in [0.1, 0.15) is 53.1 Å². The number of amides is 1. The van der Waals surface area contributed by atoms with Gasteiger partial charge in [-0.15, -0.1) is 0 Å². The van der Waals surface area contributed by atoms with Crippen LogP contribution in [0.15, 0.2) is 54.6 Å². The van der Waals surface area contributed by atoms with Gasteiger partial charge in [0, 0.05) is 17.5 Å². The second kappa shape index (κ2) is 10.2. The lowest BCUT2D eigenvalue weighted by Crippen LogP contribution is -2.38. The SMILES string of the molecule is O=C(NO)c1ccc(CCCN2CCC(CN[C@H]3C[C@@H]3c3ccccc3)CC2)cc1. The maximum absolute atomic E-state index is 11.4. The number of aryl methyl sites for hydroxylation is 1. The summed E-state index contributed by atoms with van der Waals surface area (Å²) < 4.78 is 0. The van der Waals surface area contributed by atoms with Crippen LogP contribution in [0.3, 0.4) is 0 Å². The van der Waals surface area contributed by atoms with E-state index < -0.39 is 5.91 Å². The first-order chi connectivity index (χ1) is 14.7. The number of rotatable bonds is 9. The minimum atomic E-state index is -0.462. The highest BCUT2D eigenvalue weighted by atomic mass is 16.5. The normalized spacial score (nSPS) is 22.0. The van der Waals surface area contributed by atoms with Crippen LogP contribution in [0.5, 0.6) is 0 Å². The van der Waals surface area contributed by atoms with Gasteiger partial charge >= 0.3 is 0 Å². The molecule has 5 heteroatoms. The van der Waals surface area contributed by atoms with E-state index in [9.17, 15) is 4.79 Å². The second-order valence-corrected chi connectivity index (χ2v) is 8.79. The smallest absolute Gasteiger partial charge is 0.274 e. The lowest BCUT2D eigenvalue weighted by atomic mass is 9.96. The highest BCUT2D eigenvalue weighted by molar-refractivity contribution is 5.93. The molecule has 2 aromatic carbocycles. The summed E-state index contributed by atoms with van der Waals surface area (Å²) in [5.74, 6) is 1.07. The Balaban J connectivity index is 1.09. The predicted molar refractivity (Wildman–Crippen MR) is 119 cm³/mol. The first kappa shape index (κ1) is 21.0. The molecule has 0 radical (unpaired) electrons. The first-order valence-electron chi connectivity index (χ1n) is 11.3. The van der Waals surface area contributed by atoms with E-state index in [1.165, 1.54) is 43.5 Å². The average Bonchev–Trinajstić information content (AvgIpc) is 3.59. The van der Waals surface area contributed by atoms with E-state index in [0.29, 0.717) is 11.6 Å². The third-order valence-electron chi connectivity index (χ3n) is 6.65. The van der Waals surface area contributed by atoms with Crippen LogP contribution in [0.2, 0.25) is 0 Å². The standard InChI is InChI=1S/C25H33N3O2/c29-25(27-30)22-10-8-19(9-11-22)5-4-14-28-15-12-20(13-16-28)18-26-24-17-23(24)21-6-2-1-3-7-21/h1-3,6-11,20,23-24,26,30H,4-5,12-18H2,(H,27,29)/t23-,24+/m1/s1. The number of nitrogens with one attached hydrogen (secondary N) is 2. The molecule has 2 aromatic rings. The molecule has 0 unspecified atom stereocenters. The monoisotopic (exact) mass is 407 g/mol. The topological polar surface area (TPSA) is 64.6 Å². The summed E-state index contributed by atoms with van der Waals surface area (Å²) in [7, 11) is 0. The maximum Gasteiger partial charge on any atom is 0.274 e. The molecule has 2 aliphatic rings. The molecule has 1 amide bonds. The van der Waals surface area contributed by atoms with Gasteiger partial charge in [0.1, 0.15) is 0 Å². The zero-order valence-corrected chi connectivity index (χ0v) is 17.6. The summed E-state index contributed by atoms with van der Waals surface area (Å²) in [6.45, 7) is 4.71. The van der Waals surface area contributed by atoms with Crippen LogP contribution in [-0.2, 0) is 6.42 Å². The molecule has 1 aliphatic heterocycles. The van der Waals surface area contributed by atoms with Crippen LogP contribution < -0.4 is 10.8 Å². The van der Waals surface area contributed by atoms with Gasteiger partial charge in [-0.1, -0.05) is 42.5 Å². The van der Waals surface area contributed by atoms with Crippen molar-refractivity contribution in [2.24, 2.45) is 5.92 Å². The highest BCUT2D eigenvalue weighted by Gasteiger charge is 2.38. The molecule has 2 fully saturated rings. The Morgan fingerprint density at radius 3 is 2.47 bits per heavy atom. The third kappa shape index (κ3) is 5.69. The van der Waals surface area contributed by atoms with Crippen LogP contribution >= 0.6 is 0 Å². The van der Waals surface area contributed by atoms with Crippen molar-refractivity contribution in [3.8, 4) is 0 Å². The van der Waals surface area contributed by atoms with Crippen molar-refractivity contribution < 1.29 is 10.0 Å². The Morgan fingerprint density at radius 1 is 1.03 bits per heavy atom. The number of carbonyl (C=O) groups is 1. The van der Waals surface area contributed by atoms with Crippen molar-refractivity contribution in [3.05, 3.63) is 71.3 Å². The average molecular weight is 408 g/mol. The van der Waals surface area contributed by atoms with Gasteiger partial charge in [0.05, 0.1) is 0 Å². The second-order valence-electron chi connectivity index (χ2n) is 8.79. The Labute approximate surface area is 179 Å². The lowest BCUT2D eigenvalue weighted by Gasteiger charge is -2.32. The quantitative estimate of drug-likeness (QED) is 0.439. The van der Waals surface area contributed by atoms with E-state index in [1.807, 2.05) is 12.1 Å². The summed E-state index contributed by atoms with van der Waals surface area (Å²) in [5.41, 5.74) is 4.87. The molecular formula is C25H33N3O2. The minimum Gasteiger partial charge on any atom is -0.313 e. The zero-order valence-electron chi connectivity index (χ0n) is 17.6. The Bertz CT molecular complexity index is 801. The van der Waals surface area contributed by atoms with Gasteiger partial charge in [0.2, 0.25) is 0 Å². The summed E-state index contributed by atoms with van der Waals surface area (Å²) >= 11 is 0. The molecule has 1 saturated heterocycles. The molecule has 0 aromatic heterocycles. The number of benzene rings is 2. The molecule has 1 heterocycles. The van der Waals surface area contributed by atoms with Crippen molar-refractivity contribution in [2.45, 2.75) is 44.1 Å². The fraction of sp³-hybridized carbons (Fsp3) is 0.480. The number of hydrogen-bond acceptors (Lipinski definition) is 4. The van der Waals surface area contributed by atoms with Crippen molar-refractivity contribution >= 4 is 5.91 Å². The molecule has 5 nitrogen and oxygen atoms in total. The lowest BCUT2D eigenvalue weighted by molar-refractivity contribution is 0.0706. The summed E-state index contributed by atoms with van der Waals surface area (Å²) in [6.07, 6.45) is 6.02.